The monoisotopic (exact) mass is 442 g/mol. The van der Waals surface area contributed by atoms with E-state index >= 15 is 0 Å². The summed E-state index contributed by atoms with van der Waals surface area (Å²) in [4.78, 5) is 39.0. The van der Waals surface area contributed by atoms with Gasteiger partial charge in [-0.1, -0.05) is 24.3 Å². The molecule has 0 aliphatic carbocycles. The lowest BCUT2D eigenvalue weighted by molar-refractivity contribution is 0.0680. The molecule has 164 valence electrons. The van der Waals surface area contributed by atoms with Crippen LogP contribution >= 0.6 is 0 Å². The highest BCUT2D eigenvalue weighted by atomic mass is 16.5. The number of aromatic nitrogens is 4. The van der Waals surface area contributed by atoms with Crippen molar-refractivity contribution in [2.45, 2.75) is 13.2 Å². The minimum atomic E-state index is -1.09. The topological polar surface area (TPSA) is 135 Å². The second kappa shape index (κ2) is 9.75. The van der Waals surface area contributed by atoms with Gasteiger partial charge in [0.05, 0.1) is 36.0 Å². The number of pyridine rings is 4. The first-order valence-corrected chi connectivity index (χ1v) is 9.88. The van der Waals surface area contributed by atoms with E-state index in [1.165, 1.54) is 12.1 Å². The number of carboxylic acid groups (broad SMARTS) is 2. The largest absolute Gasteiger partial charge is 0.477 e. The van der Waals surface area contributed by atoms with Crippen LogP contribution in [0, 0.1) is 0 Å². The van der Waals surface area contributed by atoms with Crippen LogP contribution in [-0.2, 0) is 18.0 Å². The number of ether oxygens (including phenoxy) is 1. The molecule has 0 unspecified atom stereocenters. The fourth-order valence-corrected chi connectivity index (χ4v) is 3.00. The van der Waals surface area contributed by atoms with Crippen LogP contribution in [-0.4, -0.2) is 42.1 Å². The molecule has 4 rings (SSSR count). The first kappa shape index (κ1) is 21.7. The minimum absolute atomic E-state index is 0.0355. The van der Waals surface area contributed by atoms with Gasteiger partial charge in [0, 0.05) is 12.4 Å². The SMILES string of the molecule is O=C(O)c1cccc(-c2ccc(COCc3ccc(-c4cccc(C(=O)O)n4)nc3)cn2)n1. The summed E-state index contributed by atoms with van der Waals surface area (Å²) in [6, 6.07) is 16.7. The number of carboxylic acids is 2. The maximum absolute atomic E-state index is 11.1. The van der Waals surface area contributed by atoms with E-state index in [9.17, 15) is 9.59 Å². The Morgan fingerprint density at radius 1 is 0.636 bits per heavy atom. The van der Waals surface area contributed by atoms with Gasteiger partial charge in [-0.3, -0.25) is 9.97 Å². The van der Waals surface area contributed by atoms with Crippen LogP contribution in [0.1, 0.15) is 32.1 Å². The zero-order chi connectivity index (χ0) is 23.2. The van der Waals surface area contributed by atoms with Crippen molar-refractivity contribution < 1.29 is 24.5 Å². The van der Waals surface area contributed by atoms with E-state index in [-0.39, 0.29) is 11.4 Å². The molecule has 4 heterocycles. The molecule has 0 aliphatic rings. The highest BCUT2D eigenvalue weighted by molar-refractivity contribution is 5.86. The average Bonchev–Trinajstić information content (AvgIpc) is 2.85. The molecule has 33 heavy (non-hydrogen) atoms. The van der Waals surface area contributed by atoms with Crippen LogP contribution in [0.3, 0.4) is 0 Å². The standard InChI is InChI=1S/C24H18N4O5/c29-23(30)21-5-1-3-19(27-21)17-9-7-15(11-25-17)13-33-14-16-8-10-18(26-12-16)20-4-2-6-22(28-20)24(31)32/h1-12H,13-14H2,(H,29,30)(H,31,32). The van der Waals surface area contributed by atoms with Gasteiger partial charge in [0.15, 0.2) is 0 Å². The normalized spacial score (nSPS) is 10.7. The Labute approximate surface area is 188 Å². The van der Waals surface area contributed by atoms with Crippen LogP contribution in [0.5, 0.6) is 0 Å². The van der Waals surface area contributed by atoms with E-state index in [1.54, 1.807) is 48.8 Å². The number of nitrogens with zero attached hydrogens (tertiary/aromatic N) is 4. The predicted octanol–water partition coefficient (Wildman–Crippen LogP) is 3.71. The first-order valence-electron chi connectivity index (χ1n) is 9.88. The summed E-state index contributed by atoms with van der Waals surface area (Å²) in [5.74, 6) is -2.18. The Morgan fingerprint density at radius 3 is 1.45 bits per heavy atom. The molecule has 2 N–H and O–H groups in total. The average molecular weight is 442 g/mol. The number of rotatable bonds is 8. The molecule has 0 radical (unpaired) electrons. The Hall–Kier alpha value is -4.50. The molecular weight excluding hydrogens is 424 g/mol. The third kappa shape index (κ3) is 5.41. The van der Waals surface area contributed by atoms with Crippen molar-refractivity contribution in [3.63, 3.8) is 0 Å². The fraction of sp³-hybridized carbons (Fsp3) is 0.0833. The quantitative estimate of drug-likeness (QED) is 0.418. The van der Waals surface area contributed by atoms with Crippen LogP contribution in [0.25, 0.3) is 22.8 Å². The summed E-state index contributed by atoms with van der Waals surface area (Å²) in [7, 11) is 0. The van der Waals surface area contributed by atoms with Crippen LogP contribution in [0.4, 0.5) is 0 Å². The van der Waals surface area contributed by atoms with Crippen molar-refractivity contribution >= 4 is 11.9 Å². The number of hydrogen-bond donors (Lipinski definition) is 2. The molecule has 9 heteroatoms. The van der Waals surface area contributed by atoms with Crippen LogP contribution in [0.15, 0.2) is 73.1 Å². The Balaban J connectivity index is 1.34. The summed E-state index contributed by atoms with van der Waals surface area (Å²) in [5, 5.41) is 18.1. The summed E-state index contributed by atoms with van der Waals surface area (Å²) in [6.45, 7) is 0.666. The first-order chi connectivity index (χ1) is 16.0. The Kier molecular flexibility index (Phi) is 6.42. The van der Waals surface area contributed by atoms with E-state index in [2.05, 4.69) is 19.9 Å². The van der Waals surface area contributed by atoms with Crippen molar-refractivity contribution in [1.29, 1.82) is 0 Å². The summed E-state index contributed by atoms with van der Waals surface area (Å²) in [5.41, 5.74) is 3.75. The highest BCUT2D eigenvalue weighted by Gasteiger charge is 2.09. The number of hydrogen-bond acceptors (Lipinski definition) is 7. The highest BCUT2D eigenvalue weighted by Crippen LogP contribution is 2.17. The Bertz CT molecular complexity index is 1190. The number of carbonyl (C=O) groups is 2. The molecule has 0 bridgehead atoms. The van der Waals surface area contributed by atoms with E-state index in [0.29, 0.717) is 36.0 Å². The summed E-state index contributed by atoms with van der Waals surface area (Å²) < 4.78 is 5.73. The maximum Gasteiger partial charge on any atom is 0.354 e. The molecule has 0 fully saturated rings. The molecule has 0 spiro atoms. The molecule has 0 amide bonds. The molecule has 0 atom stereocenters. The van der Waals surface area contributed by atoms with E-state index in [1.807, 2.05) is 12.1 Å². The van der Waals surface area contributed by atoms with Crippen molar-refractivity contribution in [3.05, 3.63) is 95.6 Å². The number of aromatic carboxylic acids is 2. The molecule has 0 aromatic carbocycles. The third-order valence-electron chi connectivity index (χ3n) is 4.65. The van der Waals surface area contributed by atoms with Crippen molar-refractivity contribution in [2.24, 2.45) is 0 Å². The third-order valence-corrected chi connectivity index (χ3v) is 4.65. The second-order valence-corrected chi connectivity index (χ2v) is 7.02. The molecule has 0 saturated carbocycles. The van der Waals surface area contributed by atoms with Gasteiger partial charge in [0.1, 0.15) is 11.4 Å². The zero-order valence-electron chi connectivity index (χ0n) is 17.3. The molecular formula is C24H18N4O5. The lowest BCUT2D eigenvalue weighted by Crippen LogP contribution is -2.01. The van der Waals surface area contributed by atoms with Gasteiger partial charge < -0.3 is 14.9 Å². The van der Waals surface area contributed by atoms with Crippen LogP contribution in [0.2, 0.25) is 0 Å². The zero-order valence-corrected chi connectivity index (χ0v) is 17.3. The van der Waals surface area contributed by atoms with E-state index < -0.39 is 11.9 Å². The molecule has 4 aromatic heterocycles. The summed E-state index contributed by atoms with van der Waals surface area (Å²) >= 11 is 0. The van der Waals surface area contributed by atoms with Gasteiger partial charge in [-0.05, 0) is 47.5 Å². The lowest BCUT2D eigenvalue weighted by Gasteiger charge is -2.07. The van der Waals surface area contributed by atoms with E-state index in [4.69, 9.17) is 14.9 Å². The smallest absolute Gasteiger partial charge is 0.354 e. The summed E-state index contributed by atoms with van der Waals surface area (Å²) in [6.07, 6.45) is 3.32. The van der Waals surface area contributed by atoms with E-state index in [0.717, 1.165) is 11.1 Å². The van der Waals surface area contributed by atoms with Crippen molar-refractivity contribution in [2.75, 3.05) is 0 Å². The van der Waals surface area contributed by atoms with Gasteiger partial charge in [0.2, 0.25) is 0 Å². The minimum Gasteiger partial charge on any atom is -0.477 e. The molecule has 0 saturated heterocycles. The lowest BCUT2D eigenvalue weighted by atomic mass is 10.2. The molecule has 9 nitrogen and oxygen atoms in total. The van der Waals surface area contributed by atoms with Crippen LogP contribution < -0.4 is 0 Å². The van der Waals surface area contributed by atoms with Crippen molar-refractivity contribution in [1.82, 2.24) is 19.9 Å². The molecule has 4 aromatic rings. The Morgan fingerprint density at radius 2 is 1.09 bits per heavy atom. The van der Waals surface area contributed by atoms with Gasteiger partial charge in [-0.15, -0.1) is 0 Å². The maximum atomic E-state index is 11.1. The van der Waals surface area contributed by atoms with Gasteiger partial charge >= 0.3 is 11.9 Å². The van der Waals surface area contributed by atoms with Gasteiger partial charge in [-0.25, -0.2) is 19.6 Å². The second-order valence-electron chi connectivity index (χ2n) is 7.02. The van der Waals surface area contributed by atoms with Crippen molar-refractivity contribution in [3.8, 4) is 22.8 Å². The fourth-order valence-electron chi connectivity index (χ4n) is 3.00. The molecule has 0 aliphatic heterocycles. The predicted molar refractivity (Wildman–Crippen MR) is 117 cm³/mol. The van der Waals surface area contributed by atoms with Gasteiger partial charge in [-0.2, -0.15) is 0 Å². The van der Waals surface area contributed by atoms with Gasteiger partial charge in [0.25, 0.3) is 0 Å².